The Hall–Kier alpha value is -2.48. The van der Waals surface area contributed by atoms with Gasteiger partial charge in [0.15, 0.2) is 5.41 Å². The van der Waals surface area contributed by atoms with Crippen LogP contribution >= 0.6 is 0 Å². The summed E-state index contributed by atoms with van der Waals surface area (Å²) >= 11 is 0. The molecular weight excluding hydrogens is 381 g/mol. The third-order valence-corrected chi connectivity index (χ3v) is 5.16. The lowest BCUT2D eigenvalue weighted by Gasteiger charge is -2.30. The molecule has 1 aliphatic rings. The first-order valence-corrected chi connectivity index (χ1v) is 9.48. The first-order chi connectivity index (χ1) is 13.5. The molecule has 0 spiro atoms. The predicted molar refractivity (Wildman–Crippen MR) is 104 cm³/mol. The third kappa shape index (κ3) is 4.58. The molecule has 1 aromatic heterocycles. The van der Waals surface area contributed by atoms with Gasteiger partial charge in [-0.3, -0.25) is 9.69 Å². The highest BCUT2D eigenvalue weighted by atomic mass is 19.4. The molecule has 0 saturated carbocycles. The average molecular weight is 406 g/mol. The van der Waals surface area contributed by atoms with Gasteiger partial charge in [0.25, 0.3) is 0 Å². The van der Waals surface area contributed by atoms with E-state index in [4.69, 9.17) is 0 Å². The summed E-state index contributed by atoms with van der Waals surface area (Å²) < 4.78 is 41.9. The summed E-state index contributed by atoms with van der Waals surface area (Å²) in [4.78, 5) is 22.8. The maximum Gasteiger partial charge on any atom is 0.404 e. The number of nitrogens with zero attached hydrogens (tertiary/aromatic N) is 3. The minimum absolute atomic E-state index is 0.160. The summed E-state index contributed by atoms with van der Waals surface area (Å²) in [5, 5.41) is 2.38. The molecule has 1 atom stereocenters. The molecule has 156 valence electrons. The van der Waals surface area contributed by atoms with Gasteiger partial charge in [-0.05, 0) is 18.5 Å². The Labute approximate surface area is 168 Å². The first-order valence-electron chi connectivity index (χ1n) is 9.48. The number of nitrogens with one attached hydrogen (secondary N) is 1. The highest BCUT2D eigenvalue weighted by Gasteiger charge is 2.63. The maximum atomic E-state index is 14.0. The van der Waals surface area contributed by atoms with Crippen molar-refractivity contribution in [1.82, 2.24) is 14.9 Å². The molecular formula is C21H25F3N4O. The van der Waals surface area contributed by atoms with Crippen molar-refractivity contribution < 1.29 is 18.0 Å². The number of anilines is 1. The second kappa shape index (κ2) is 7.74. The van der Waals surface area contributed by atoms with Gasteiger partial charge in [-0.25, -0.2) is 9.97 Å². The van der Waals surface area contributed by atoms with Crippen LogP contribution in [-0.4, -0.2) is 40.0 Å². The molecule has 1 aromatic carbocycles. The number of benzene rings is 1. The molecule has 0 radical (unpaired) electrons. The number of hydrogen-bond donors (Lipinski definition) is 1. The lowest BCUT2D eigenvalue weighted by Crippen LogP contribution is -2.50. The standard InChI is InChI=1S/C21H25F3N4O/c1-19(2,3)17-25-11-16(12-26-17)27-18(29)20(21(22,23)24)9-10-28(14-20)13-15-7-5-4-6-8-15/h4-8,11-12H,9-10,13-14H2,1-3H3,(H,27,29). The van der Waals surface area contributed by atoms with Crippen molar-refractivity contribution in [1.29, 1.82) is 0 Å². The molecule has 29 heavy (non-hydrogen) atoms. The molecule has 1 fully saturated rings. The van der Waals surface area contributed by atoms with Gasteiger partial charge in [-0.2, -0.15) is 13.2 Å². The minimum Gasteiger partial charge on any atom is -0.323 e. The molecule has 3 rings (SSSR count). The number of carbonyl (C=O) groups excluding carboxylic acids is 1. The van der Waals surface area contributed by atoms with E-state index in [1.54, 1.807) is 4.90 Å². The highest BCUT2D eigenvalue weighted by molar-refractivity contribution is 5.96. The van der Waals surface area contributed by atoms with Gasteiger partial charge in [-0.1, -0.05) is 51.1 Å². The number of likely N-dealkylation sites (tertiary alicyclic amines) is 1. The minimum atomic E-state index is -4.66. The molecule has 1 saturated heterocycles. The summed E-state index contributed by atoms with van der Waals surface area (Å²) in [5.74, 6) is -0.511. The Morgan fingerprint density at radius 1 is 1.14 bits per heavy atom. The molecule has 0 bridgehead atoms. The second-order valence-corrected chi connectivity index (χ2v) is 8.53. The molecule has 2 aromatic rings. The topological polar surface area (TPSA) is 58.1 Å². The van der Waals surface area contributed by atoms with Crippen LogP contribution < -0.4 is 5.32 Å². The summed E-state index contributed by atoms with van der Waals surface area (Å²) in [6.45, 7) is 5.98. The molecule has 8 heteroatoms. The monoisotopic (exact) mass is 406 g/mol. The van der Waals surface area contributed by atoms with Crippen molar-refractivity contribution in [3.63, 3.8) is 0 Å². The zero-order valence-corrected chi connectivity index (χ0v) is 16.8. The second-order valence-electron chi connectivity index (χ2n) is 8.53. The molecule has 1 unspecified atom stereocenters. The van der Waals surface area contributed by atoms with Crippen LogP contribution in [0, 0.1) is 5.41 Å². The molecule has 1 amide bonds. The zero-order valence-electron chi connectivity index (χ0n) is 16.8. The Bertz CT molecular complexity index is 847. The number of hydrogen-bond acceptors (Lipinski definition) is 4. The van der Waals surface area contributed by atoms with E-state index in [9.17, 15) is 18.0 Å². The maximum absolute atomic E-state index is 14.0. The van der Waals surface area contributed by atoms with Crippen molar-refractivity contribution in [2.24, 2.45) is 5.41 Å². The molecule has 0 aliphatic carbocycles. The SMILES string of the molecule is CC(C)(C)c1ncc(NC(=O)C2(C(F)(F)F)CCN(Cc3ccccc3)C2)cn1. The van der Waals surface area contributed by atoms with Gasteiger partial charge < -0.3 is 5.32 Å². The summed E-state index contributed by atoms with van der Waals surface area (Å²) in [6.07, 6.45) is -2.23. The first kappa shape index (κ1) is 21.2. The van der Waals surface area contributed by atoms with Crippen molar-refractivity contribution in [2.45, 2.75) is 45.3 Å². The van der Waals surface area contributed by atoms with Crippen LogP contribution in [0.2, 0.25) is 0 Å². The van der Waals surface area contributed by atoms with E-state index in [-0.39, 0.29) is 30.6 Å². The molecule has 5 nitrogen and oxygen atoms in total. The molecule has 2 heterocycles. The largest absolute Gasteiger partial charge is 0.404 e. The summed E-state index contributed by atoms with van der Waals surface area (Å²) in [5.41, 5.74) is -1.67. The zero-order chi connectivity index (χ0) is 21.3. The molecule has 1 aliphatic heterocycles. The number of carbonyl (C=O) groups is 1. The quantitative estimate of drug-likeness (QED) is 0.828. The summed E-state index contributed by atoms with van der Waals surface area (Å²) in [7, 11) is 0. The Morgan fingerprint density at radius 2 is 1.76 bits per heavy atom. The van der Waals surface area contributed by atoms with Crippen molar-refractivity contribution >= 4 is 11.6 Å². The normalized spacial score (nSPS) is 20.6. The van der Waals surface area contributed by atoms with E-state index in [0.717, 1.165) is 5.56 Å². The number of halogens is 3. The number of amides is 1. The smallest absolute Gasteiger partial charge is 0.323 e. The predicted octanol–water partition coefficient (Wildman–Crippen LogP) is 4.17. The lowest BCUT2D eigenvalue weighted by atomic mass is 9.85. The van der Waals surface area contributed by atoms with E-state index in [1.165, 1.54) is 12.4 Å². The van der Waals surface area contributed by atoms with Gasteiger partial charge in [0, 0.05) is 18.5 Å². The van der Waals surface area contributed by atoms with E-state index in [0.29, 0.717) is 12.4 Å². The fraction of sp³-hybridized carbons (Fsp3) is 0.476. The van der Waals surface area contributed by atoms with Crippen molar-refractivity contribution in [3.05, 3.63) is 54.1 Å². The Balaban J connectivity index is 1.76. The number of rotatable bonds is 4. The van der Waals surface area contributed by atoms with E-state index in [2.05, 4.69) is 15.3 Å². The van der Waals surface area contributed by atoms with Crippen LogP contribution in [0.1, 0.15) is 38.6 Å². The number of alkyl halides is 3. The lowest BCUT2D eigenvalue weighted by molar-refractivity contribution is -0.215. The third-order valence-electron chi connectivity index (χ3n) is 5.16. The van der Waals surface area contributed by atoms with Crippen LogP contribution in [0.5, 0.6) is 0 Å². The van der Waals surface area contributed by atoms with E-state index in [1.807, 2.05) is 51.1 Å². The molecule has 1 N–H and O–H groups in total. The summed E-state index contributed by atoms with van der Waals surface area (Å²) in [6, 6.07) is 9.27. The fourth-order valence-corrected chi connectivity index (χ4v) is 3.44. The van der Waals surface area contributed by atoms with Crippen LogP contribution in [0.4, 0.5) is 18.9 Å². The van der Waals surface area contributed by atoms with Crippen LogP contribution in [0.3, 0.4) is 0 Å². The Morgan fingerprint density at radius 3 is 2.31 bits per heavy atom. The highest BCUT2D eigenvalue weighted by Crippen LogP contribution is 2.46. The van der Waals surface area contributed by atoms with Gasteiger partial charge >= 0.3 is 6.18 Å². The Kier molecular flexibility index (Phi) is 5.67. The fourth-order valence-electron chi connectivity index (χ4n) is 3.44. The van der Waals surface area contributed by atoms with Crippen molar-refractivity contribution in [3.8, 4) is 0 Å². The van der Waals surface area contributed by atoms with Crippen LogP contribution in [0.15, 0.2) is 42.7 Å². The van der Waals surface area contributed by atoms with Gasteiger partial charge in [0.2, 0.25) is 5.91 Å². The van der Waals surface area contributed by atoms with Gasteiger partial charge in [0.1, 0.15) is 5.82 Å². The van der Waals surface area contributed by atoms with Crippen LogP contribution in [0.25, 0.3) is 0 Å². The van der Waals surface area contributed by atoms with E-state index >= 15 is 0 Å². The van der Waals surface area contributed by atoms with Gasteiger partial charge in [0.05, 0.1) is 18.1 Å². The number of aromatic nitrogens is 2. The van der Waals surface area contributed by atoms with Crippen LogP contribution in [-0.2, 0) is 16.8 Å². The van der Waals surface area contributed by atoms with Gasteiger partial charge in [-0.15, -0.1) is 0 Å². The average Bonchev–Trinajstić information content (AvgIpc) is 3.07. The van der Waals surface area contributed by atoms with E-state index < -0.39 is 17.5 Å². The van der Waals surface area contributed by atoms with Crippen molar-refractivity contribution in [2.75, 3.05) is 18.4 Å².